The third-order valence-electron chi connectivity index (χ3n) is 3.84. The Balaban J connectivity index is 1.97. The van der Waals surface area contributed by atoms with E-state index in [-0.39, 0.29) is 17.5 Å². The van der Waals surface area contributed by atoms with Gasteiger partial charge in [0.2, 0.25) is 10.0 Å². The Kier molecular flexibility index (Phi) is 5.37. The maximum Gasteiger partial charge on any atom is 0.327 e. The number of hydrogen-bond acceptors (Lipinski definition) is 6. The number of methoxy groups -OCH3 is 1. The third kappa shape index (κ3) is 4.52. The number of ether oxygens (including phenoxy) is 1. The molecule has 10 heteroatoms. The molecule has 2 rings (SSSR count). The molecule has 1 aromatic heterocycles. The average molecular weight is 345 g/mol. The minimum Gasteiger partial charge on any atom is -0.481 e. The number of carbonyl (C=O) groups is 2. The molecule has 9 nitrogen and oxygen atoms in total. The van der Waals surface area contributed by atoms with Gasteiger partial charge in [-0.25, -0.2) is 13.1 Å². The van der Waals surface area contributed by atoms with Crippen molar-refractivity contribution in [2.45, 2.75) is 43.2 Å². The fraction of sp³-hybridized carbons (Fsp3) is 0.615. The van der Waals surface area contributed by atoms with Crippen LogP contribution >= 0.6 is 0 Å². The molecular formula is C13H19N3O6S. The molecule has 2 N–H and O–H groups in total. The Morgan fingerprint density at radius 1 is 1.39 bits per heavy atom. The lowest BCUT2D eigenvalue weighted by atomic mass is 9.87. The van der Waals surface area contributed by atoms with Crippen LogP contribution in [-0.2, 0) is 30.9 Å². The van der Waals surface area contributed by atoms with Crippen molar-refractivity contribution in [3.05, 3.63) is 12.4 Å². The van der Waals surface area contributed by atoms with Gasteiger partial charge in [-0.2, -0.15) is 5.10 Å². The van der Waals surface area contributed by atoms with Gasteiger partial charge in [-0.3, -0.25) is 14.3 Å². The minimum atomic E-state index is -3.75. The molecule has 1 aliphatic carbocycles. The number of aliphatic carboxylic acids is 1. The topological polar surface area (TPSA) is 128 Å². The Morgan fingerprint density at radius 3 is 2.61 bits per heavy atom. The highest BCUT2D eigenvalue weighted by Gasteiger charge is 2.29. The van der Waals surface area contributed by atoms with Crippen molar-refractivity contribution in [3.63, 3.8) is 0 Å². The van der Waals surface area contributed by atoms with Crippen LogP contribution in [0, 0.1) is 5.92 Å². The minimum absolute atomic E-state index is 0.0400. The van der Waals surface area contributed by atoms with Crippen molar-refractivity contribution in [3.8, 4) is 0 Å². The van der Waals surface area contributed by atoms with Crippen LogP contribution in [0.5, 0.6) is 0 Å². The summed E-state index contributed by atoms with van der Waals surface area (Å²) >= 11 is 0. The van der Waals surface area contributed by atoms with Gasteiger partial charge in [0.15, 0.2) is 0 Å². The molecule has 1 saturated carbocycles. The molecule has 0 aromatic carbocycles. The van der Waals surface area contributed by atoms with Crippen molar-refractivity contribution >= 4 is 22.0 Å². The first-order chi connectivity index (χ1) is 10.8. The fourth-order valence-corrected chi connectivity index (χ4v) is 3.77. The average Bonchev–Trinajstić information content (AvgIpc) is 2.96. The van der Waals surface area contributed by atoms with E-state index in [0.717, 1.165) is 6.20 Å². The van der Waals surface area contributed by atoms with E-state index in [1.165, 1.54) is 18.0 Å². The largest absolute Gasteiger partial charge is 0.481 e. The van der Waals surface area contributed by atoms with Crippen molar-refractivity contribution in [1.29, 1.82) is 0 Å². The van der Waals surface area contributed by atoms with Crippen LogP contribution in [0.1, 0.15) is 25.7 Å². The van der Waals surface area contributed by atoms with Crippen LogP contribution in [0.2, 0.25) is 0 Å². The number of esters is 1. The molecule has 0 spiro atoms. The lowest BCUT2D eigenvalue weighted by Crippen LogP contribution is -2.38. The molecular weight excluding hydrogens is 326 g/mol. The molecule has 128 valence electrons. The zero-order valence-electron chi connectivity index (χ0n) is 12.6. The quantitative estimate of drug-likeness (QED) is 0.693. The molecule has 1 aromatic rings. The van der Waals surface area contributed by atoms with Crippen molar-refractivity contribution in [2.75, 3.05) is 7.11 Å². The maximum atomic E-state index is 12.3. The second-order valence-corrected chi connectivity index (χ2v) is 7.17. The maximum absolute atomic E-state index is 12.3. The molecule has 0 aliphatic heterocycles. The van der Waals surface area contributed by atoms with E-state index in [1.54, 1.807) is 0 Å². The summed E-state index contributed by atoms with van der Waals surface area (Å²) in [6, 6.07) is -0.292. The second kappa shape index (κ2) is 7.09. The third-order valence-corrected chi connectivity index (χ3v) is 5.31. The smallest absolute Gasteiger partial charge is 0.327 e. The summed E-state index contributed by atoms with van der Waals surface area (Å²) < 4.78 is 32.8. The Bertz CT molecular complexity index is 676. The summed E-state index contributed by atoms with van der Waals surface area (Å²) in [5.74, 6) is -1.77. The van der Waals surface area contributed by atoms with E-state index >= 15 is 0 Å². The molecule has 23 heavy (non-hydrogen) atoms. The van der Waals surface area contributed by atoms with Gasteiger partial charge in [-0.1, -0.05) is 0 Å². The number of carboxylic acids is 1. The van der Waals surface area contributed by atoms with E-state index in [9.17, 15) is 18.0 Å². The van der Waals surface area contributed by atoms with Gasteiger partial charge in [-0.05, 0) is 25.7 Å². The zero-order valence-corrected chi connectivity index (χ0v) is 13.5. The van der Waals surface area contributed by atoms with Gasteiger partial charge in [0, 0.05) is 12.2 Å². The second-order valence-electron chi connectivity index (χ2n) is 5.46. The fourth-order valence-electron chi connectivity index (χ4n) is 2.51. The number of carboxylic acid groups (broad SMARTS) is 1. The highest BCUT2D eigenvalue weighted by Crippen LogP contribution is 2.25. The van der Waals surface area contributed by atoms with Crippen molar-refractivity contribution in [2.24, 2.45) is 5.92 Å². The summed E-state index contributed by atoms with van der Waals surface area (Å²) in [5, 5.41) is 12.8. The lowest BCUT2D eigenvalue weighted by Gasteiger charge is -2.26. The summed E-state index contributed by atoms with van der Waals surface area (Å²) in [6.07, 6.45) is 4.27. The zero-order chi connectivity index (χ0) is 17.0. The van der Waals surface area contributed by atoms with Gasteiger partial charge >= 0.3 is 11.9 Å². The first-order valence-electron chi connectivity index (χ1n) is 7.16. The predicted octanol–water partition coefficient (Wildman–Crippen LogP) is -0.0222. The molecule has 1 fully saturated rings. The molecule has 0 unspecified atom stereocenters. The molecule has 1 aliphatic rings. The van der Waals surface area contributed by atoms with Crippen LogP contribution in [-0.4, -0.2) is 48.4 Å². The number of aromatic nitrogens is 2. The van der Waals surface area contributed by atoms with Gasteiger partial charge in [0.25, 0.3) is 0 Å². The summed E-state index contributed by atoms with van der Waals surface area (Å²) in [6.45, 7) is -0.171. The molecule has 0 bridgehead atoms. The number of nitrogens with one attached hydrogen (secondary N) is 1. The molecule has 1 heterocycles. The van der Waals surface area contributed by atoms with E-state index in [4.69, 9.17) is 5.11 Å². The number of sulfonamides is 1. The monoisotopic (exact) mass is 345 g/mol. The van der Waals surface area contributed by atoms with Gasteiger partial charge < -0.3 is 9.84 Å². The van der Waals surface area contributed by atoms with Crippen LogP contribution in [0.3, 0.4) is 0 Å². The highest BCUT2D eigenvalue weighted by molar-refractivity contribution is 7.89. The van der Waals surface area contributed by atoms with Gasteiger partial charge in [-0.15, -0.1) is 0 Å². The number of rotatable bonds is 6. The Morgan fingerprint density at radius 2 is 2.04 bits per heavy atom. The summed E-state index contributed by atoms with van der Waals surface area (Å²) in [7, 11) is -2.52. The van der Waals surface area contributed by atoms with E-state index in [2.05, 4.69) is 14.6 Å². The van der Waals surface area contributed by atoms with E-state index in [0.29, 0.717) is 25.7 Å². The SMILES string of the molecule is COC(=O)Cn1cc(S(=O)(=O)NC2CCC(C(=O)O)CC2)cn1. The van der Waals surface area contributed by atoms with Gasteiger partial charge in [0.1, 0.15) is 11.4 Å². The Labute approximate surface area is 133 Å². The summed E-state index contributed by atoms with van der Waals surface area (Å²) in [4.78, 5) is 22.0. The number of hydrogen-bond donors (Lipinski definition) is 2. The lowest BCUT2D eigenvalue weighted by molar-refractivity contribution is -0.143. The first-order valence-corrected chi connectivity index (χ1v) is 8.64. The number of carbonyl (C=O) groups excluding carboxylic acids is 1. The first kappa shape index (κ1) is 17.4. The van der Waals surface area contributed by atoms with Crippen molar-refractivity contribution in [1.82, 2.24) is 14.5 Å². The van der Waals surface area contributed by atoms with Crippen LogP contribution < -0.4 is 4.72 Å². The normalized spacial score (nSPS) is 21.8. The summed E-state index contributed by atoms with van der Waals surface area (Å²) in [5.41, 5.74) is 0. The highest BCUT2D eigenvalue weighted by atomic mass is 32.2. The van der Waals surface area contributed by atoms with E-state index < -0.39 is 27.9 Å². The Hall–Kier alpha value is -1.94. The van der Waals surface area contributed by atoms with Crippen LogP contribution in [0.25, 0.3) is 0 Å². The van der Waals surface area contributed by atoms with Gasteiger partial charge in [0.05, 0.1) is 19.2 Å². The predicted molar refractivity (Wildman–Crippen MR) is 77.9 cm³/mol. The molecule has 0 atom stereocenters. The van der Waals surface area contributed by atoms with Crippen molar-refractivity contribution < 1.29 is 27.9 Å². The van der Waals surface area contributed by atoms with Crippen LogP contribution in [0.15, 0.2) is 17.3 Å². The number of nitrogens with zero attached hydrogens (tertiary/aromatic N) is 2. The standard InChI is InChI=1S/C13H19N3O6S/c1-22-12(17)8-16-7-11(6-14-16)23(20,21)15-10-4-2-9(3-5-10)13(18)19/h6-7,9-10,15H,2-5,8H2,1H3,(H,18,19). The molecule has 0 saturated heterocycles. The molecule has 0 amide bonds. The molecule has 0 radical (unpaired) electrons. The van der Waals surface area contributed by atoms with Crippen LogP contribution in [0.4, 0.5) is 0 Å². The van der Waals surface area contributed by atoms with E-state index in [1.807, 2.05) is 0 Å².